The number of carbonyl (C=O) groups excluding carboxylic acids is 1. The summed E-state index contributed by atoms with van der Waals surface area (Å²) in [6.45, 7) is 9.75. The molecule has 1 heterocycles. The Morgan fingerprint density at radius 1 is 1.26 bits per heavy atom. The van der Waals surface area contributed by atoms with Gasteiger partial charge in [0.05, 0.1) is 25.2 Å². The molecule has 1 saturated heterocycles. The van der Waals surface area contributed by atoms with Gasteiger partial charge >= 0.3 is 5.97 Å². The molecule has 0 aromatic rings. The fourth-order valence-corrected chi connectivity index (χ4v) is 2.20. The van der Waals surface area contributed by atoms with Crippen LogP contribution in [0.1, 0.15) is 47.5 Å². The predicted molar refractivity (Wildman–Crippen MR) is 70.8 cm³/mol. The Morgan fingerprint density at radius 2 is 1.84 bits per heavy atom. The summed E-state index contributed by atoms with van der Waals surface area (Å²) in [6.07, 6.45) is 0.626. The van der Waals surface area contributed by atoms with E-state index in [4.69, 9.17) is 18.9 Å². The summed E-state index contributed by atoms with van der Waals surface area (Å²) in [5.41, 5.74) is -0.469. The molecule has 0 aromatic heterocycles. The molecule has 0 radical (unpaired) electrons. The van der Waals surface area contributed by atoms with Crippen LogP contribution >= 0.6 is 0 Å². The lowest BCUT2D eigenvalue weighted by Crippen LogP contribution is -2.47. The van der Waals surface area contributed by atoms with Gasteiger partial charge in [-0.05, 0) is 34.6 Å². The van der Waals surface area contributed by atoms with Crippen LogP contribution < -0.4 is 0 Å². The van der Waals surface area contributed by atoms with Crippen molar-refractivity contribution >= 4 is 5.97 Å². The number of rotatable bonds is 4. The molecule has 0 unspecified atom stereocenters. The van der Waals surface area contributed by atoms with Gasteiger partial charge in [-0.25, -0.2) is 0 Å². The van der Waals surface area contributed by atoms with E-state index in [-0.39, 0.29) is 24.6 Å². The first-order valence-corrected chi connectivity index (χ1v) is 6.68. The first kappa shape index (κ1) is 16.4. The normalized spacial score (nSPS) is 27.1. The molecule has 5 heteroatoms. The van der Waals surface area contributed by atoms with Crippen molar-refractivity contribution in [3.63, 3.8) is 0 Å². The van der Waals surface area contributed by atoms with Crippen LogP contribution in [0.5, 0.6) is 0 Å². The van der Waals surface area contributed by atoms with Gasteiger partial charge in [0.15, 0.2) is 5.79 Å². The van der Waals surface area contributed by atoms with Gasteiger partial charge in [-0.15, -0.1) is 0 Å². The molecule has 0 aromatic carbocycles. The number of ether oxygens (including phenoxy) is 4. The van der Waals surface area contributed by atoms with Gasteiger partial charge in [-0.3, -0.25) is 4.79 Å². The first-order valence-electron chi connectivity index (χ1n) is 6.68. The molecule has 0 spiro atoms. The van der Waals surface area contributed by atoms with E-state index in [9.17, 15) is 4.79 Å². The molecule has 1 fully saturated rings. The third-order valence-corrected chi connectivity index (χ3v) is 2.59. The molecule has 0 bridgehead atoms. The minimum Gasteiger partial charge on any atom is -0.460 e. The lowest BCUT2D eigenvalue weighted by Gasteiger charge is -2.40. The average Bonchev–Trinajstić information content (AvgIpc) is 2.10. The van der Waals surface area contributed by atoms with Crippen molar-refractivity contribution in [1.29, 1.82) is 0 Å². The van der Waals surface area contributed by atoms with Gasteiger partial charge in [0.25, 0.3) is 0 Å². The van der Waals surface area contributed by atoms with Crippen LogP contribution in [0, 0.1) is 0 Å². The van der Waals surface area contributed by atoms with Gasteiger partial charge in [0.1, 0.15) is 5.60 Å². The molecule has 112 valence electrons. The van der Waals surface area contributed by atoms with Gasteiger partial charge in [0, 0.05) is 13.5 Å². The van der Waals surface area contributed by atoms with Gasteiger partial charge in [-0.1, -0.05) is 0 Å². The molecule has 0 N–H and O–H groups in total. The largest absolute Gasteiger partial charge is 0.460 e. The third-order valence-electron chi connectivity index (χ3n) is 2.59. The Kier molecular flexibility index (Phi) is 5.35. The fraction of sp³-hybridized carbons (Fsp3) is 0.929. The molecule has 1 rings (SSSR count). The van der Waals surface area contributed by atoms with E-state index in [0.29, 0.717) is 13.0 Å². The van der Waals surface area contributed by atoms with E-state index >= 15 is 0 Å². The number of esters is 1. The van der Waals surface area contributed by atoms with Crippen LogP contribution in [0.15, 0.2) is 0 Å². The van der Waals surface area contributed by atoms with Crippen LogP contribution in [0.3, 0.4) is 0 Å². The molecule has 1 aliphatic heterocycles. The standard InChI is InChI=1S/C14H26O5/c1-13(2,3)19-12(15)8-10-7-11(9-16-6)18-14(4,5)17-10/h10-11H,7-9H2,1-6H3/t10-,11+/m1/s1. The van der Waals surface area contributed by atoms with Crippen LogP contribution in [0.2, 0.25) is 0 Å². The molecule has 19 heavy (non-hydrogen) atoms. The second-order valence-corrected chi connectivity index (χ2v) is 6.36. The zero-order valence-corrected chi connectivity index (χ0v) is 12.8. The van der Waals surface area contributed by atoms with E-state index in [0.717, 1.165) is 0 Å². The second kappa shape index (κ2) is 6.20. The smallest absolute Gasteiger partial charge is 0.308 e. The Morgan fingerprint density at radius 3 is 2.37 bits per heavy atom. The van der Waals surface area contributed by atoms with E-state index in [2.05, 4.69) is 0 Å². The van der Waals surface area contributed by atoms with Gasteiger partial charge in [0.2, 0.25) is 0 Å². The summed E-state index contributed by atoms with van der Waals surface area (Å²) in [5, 5.41) is 0. The Bertz CT molecular complexity index is 305. The Labute approximate surface area is 115 Å². The second-order valence-electron chi connectivity index (χ2n) is 6.36. The summed E-state index contributed by atoms with van der Waals surface area (Å²) < 4.78 is 21.9. The zero-order valence-electron chi connectivity index (χ0n) is 12.8. The zero-order chi connectivity index (χ0) is 14.7. The van der Waals surface area contributed by atoms with Crippen molar-refractivity contribution in [3.8, 4) is 0 Å². The van der Waals surface area contributed by atoms with Crippen LogP contribution in [0.4, 0.5) is 0 Å². The molecule has 2 atom stereocenters. The molecular weight excluding hydrogens is 248 g/mol. The highest BCUT2D eigenvalue weighted by atomic mass is 16.7. The van der Waals surface area contributed by atoms with Crippen molar-refractivity contribution in [2.45, 2.75) is 71.1 Å². The lowest BCUT2D eigenvalue weighted by atomic mass is 10.1. The minimum absolute atomic E-state index is 0.0545. The fourth-order valence-electron chi connectivity index (χ4n) is 2.20. The maximum Gasteiger partial charge on any atom is 0.308 e. The maximum absolute atomic E-state index is 11.8. The van der Waals surface area contributed by atoms with Crippen molar-refractivity contribution < 1.29 is 23.7 Å². The summed E-state index contributed by atoms with van der Waals surface area (Å²) in [4.78, 5) is 11.8. The van der Waals surface area contributed by atoms with E-state index < -0.39 is 11.4 Å². The number of methoxy groups -OCH3 is 1. The topological polar surface area (TPSA) is 54.0 Å². The predicted octanol–water partition coefficient (Wildman–Crippen LogP) is 2.27. The van der Waals surface area contributed by atoms with Gasteiger partial charge < -0.3 is 18.9 Å². The molecule has 5 nitrogen and oxygen atoms in total. The summed E-state index contributed by atoms with van der Waals surface area (Å²) in [7, 11) is 1.63. The number of hydrogen-bond acceptors (Lipinski definition) is 5. The SMILES string of the molecule is COC[C@@H]1C[C@H](CC(=O)OC(C)(C)C)OC(C)(C)O1. The van der Waals surface area contributed by atoms with Crippen molar-refractivity contribution in [1.82, 2.24) is 0 Å². The first-order chi connectivity index (χ1) is 8.61. The lowest BCUT2D eigenvalue weighted by molar-refractivity contribution is -0.305. The summed E-state index contributed by atoms with van der Waals surface area (Å²) >= 11 is 0. The van der Waals surface area contributed by atoms with Crippen LogP contribution in [-0.2, 0) is 23.7 Å². The van der Waals surface area contributed by atoms with Crippen molar-refractivity contribution in [2.24, 2.45) is 0 Å². The molecule has 0 saturated carbocycles. The van der Waals surface area contributed by atoms with Crippen LogP contribution in [-0.4, -0.2) is 43.3 Å². The Hall–Kier alpha value is -0.650. The van der Waals surface area contributed by atoms with Crippen molar-refractivity contribution in [3.05, 3.63) is 0 Å². The van der Waals surface area contributed by atoms with E-state index in [1.165, 1.54) is 0 Å². The minimum atomic E-state index is -0.700. The van der Waals surface area contributed by atoms with E-state index in [1.807, 2.05) is 34.6 Å². The highest BCUT2D eigenvalue weighted by Gasteiger charge is 2.37. The van der Waals surface area contributed by atoms with Crippen molar-refractivity contribution in [2.75, 3.05) is 13.7 Å². The number of hydrogen-bond donors (Lipinski definition) is 0. The monoisotopic (exact) mass is 274 g/mol. The third kappa shape index (κ3) is 6.36. The highest BCUT2D eigenvalue weighted by molar-refractivity contribution is 5.70. The molecule has 0 aliphatic carbocycles. The molecule has 0 amide bonds. The molecular formula is C14H26O5. The molecule has 1 aliphatic rings. The van der Waals surface area contributed by atoms with Gasteiger partial charge in [-0.2, -0.15) is 0 Å². The van der Waals surface area contributed by atoms with Crippen LogP contribution in [0.25, 0.3) is 0 Å². The summed E-state index contributed by atoms with van der Waals surface area (Å²) in [5.74, 6) is -0.944. The highest BCUT2D eigenvalue weighted by Crippen LogP contribution is 2.29. The van der Waals surface area contributed by atoms with E-state index in [1.54, 1.807) is 7.11 Å². The summed E-state index contributed by atoms with van der Waals surface area (Å²) in [6, 6.07) is 0. The maximum atomic E-state index is 11.8. The quantitative estimate of drug-likeness (QED) is 0.736. The number of carbonyl (C=O) groups is 1. The Balaban J connectivity index is 2.54. The average molecular weight is 274 g/mol.